The van der Waals surface area contributed by atoms with Crippen molar-refractivity contribution in [3.8, 4) is 0 Å². The van der Waals surface area contributed by atoms with Crippen molar-refractivity contribution in [1.82, 2.24) is 14.9 Å². The summed E-state index contributed by atoms with van der Waals surface area (Å²) < 4.78 is 13.0. The molecule has 0 saturated carbocycles. The van der Waals surface area contributed by atoms with Crippen molar-refractivity contribution in [2.75, 3.05) is 6.54 Å². The fraction of sp³-hybridized carbons (Fsp3) is 0.286. The predicted octanol–water partition coefficient (Wildman–Crippen LogP) is 4.03. The molecule has 4 rings (SSSR count). The first-order valence-corrected chi connectivity index (χ1v) is 9.15. The summed E-state index contributed by atoms with van der Waals surface area (Å²) in [5.41, 5.74) is 2.27. The second-order valence-electron chi connectivity index (χ2n) is 6.81. The lowest BCUT2D eigenvalue weighted by molar-refractivity contribution is -0.132. The number of likely N-dealkylation sites (tertiary alicyclic amines) is 1. The van der Waals surface area contributed by atoms with Gasteiger partial charge in [0.15, 0.2) is 5.78 Å². The van der Waals surface area contributed by atoms with Crippen molar-refractivity contribution in [3.05, 3.63) is 65.7 Å². The van der Waals surface area contributed by atoms with Crippen LogP contribution in [-0.2, 0) is 4.79 Å². The number of imidazole rings is 1. The van der Waals surface area contributed by atoms with Crippen LogP contribution in [0.1, 0.15) is 47.9 Å². The fourth-order valence-corrected chi connectivity index (χ4v) is 3.62. The number of hydrogen-bond donors (Lipinski definition) is 1. The minimum atomic E-state index is -0.381. The van der Waals surface area contributed by atoms with E-state index in [2.05, 4.69) is 9.97 Å². The second-order valence-corrected chi connectivity index (χ2v) is 6.81. The molecule has 2 aromatic carbocycles. The number of Topliss-reactive ketones (excluding diaryl/α,β-unsaturated/α-hetero) is 1. The number of carbonyl (C=O) groups is 2. The van der Waals surface area contributed by atoms with Gasteiger partial charge in [-0.15, -0.1) is 0 Å². The third-order valence-electron chi connectivity index (χ3n) is 5.03. The number of ketones is 1. The maximum Gasteiger partial charge on any atom is 0.223 e. The summed E-state index contributed by atoms with van der Waals surface area (Å²) in [6.07, 6.45) is 2.04. The Morgan fingerprint density at radius 2 is 1.89 bits per heavy atom. The van der Waals surface area contributed by atoms with Gasteiger partial charge in [-0.1, -0.05) is 12.1 Å². The molecule has 1 aliphatic heterocycles. The number of carbonyl (C=O) groups excluding carboxylic acids is 2. The molecule has 1 aliphatic rings. The monoisotopic (exact) mass is 365 g/mol. The summed E-state index contributed by atoms with van der Waals surface area (Å²) in [6, 6.07) is 13.1. The van der Waals surface area contributed by atoms with Crippen LogP contribution < -0.4 is 0 Å². The lowest BCUT2D eigenvalue weighted by Crippen LogP contribution is -2.31. The van der Waals surface area contributed by atoms with Gasteiger partial charge in [-0.3, -0.25) is 9.59 Å². The highest BCUT2D eigenvalue weighted by Gasteiger charge is 2.32. The highest BCUT2D eigenvalue weighted by Crippen LogP contribution is 2.32. The SMILES string of the molecule is O=C(CCC(=O)N1CCC[C@@H]1c1nc2ccccc2[nH]1)c1ccc(F)cc1. The molecule has 0 bridgehead atoms. The Hall–Kier alpha value is -3.02. The van der Waals surface area contributed by atoms with Crippen molar-refractivity contribution in [2.24, 2.45) is 0 Å². The minimum Gasteiger partial charge on any atom is -0.340 e. The molecule has 1 fully saturated rings. The van der Waals surface area contributed by atoms with Gasteiger partial charge in [0.1, 0.15) is 11.6 Å². The standard InChI is InChI=1S/C21H20FN3O2/c22-15-9-7-14(8-10-15)19(26)11-12-20(27)25-13-3-6-18(25)21-23-16-4-1-2-5-17(16)24-21/h1-2,4-5,7-10,18H,3,6,11-13H2,(H,23,24)/t18-/m1/s1. The van der Waals surface area contributed by atoms with Gasteiger partial charge in [-0.2, -0.15) is 0 Å². The lowest BCUT2D eigenvalue weighted by Gasteiger charge is -2.23. The van der Waals surface area contributed by atoms with Gasteiger partial charge < -0.3 is 9.88 Å². The molecule has 0 unspecified atom stereocenters. The first-order chi connectivity index (χ1) is 13.1. The zero-order valence-electron chi connectivity index (χ0n) is 14.8. The Bertz CT molecular complexity index is 948. The quantitative estimate of drug-likeness (QED) is 0.694. The Balaban J connectivity index is 1.43. The molecule has 1 atom stereocenters. The topological polar surface area (TPSA) is 66.1 Å². The molecule has 0 spiro atoms. The normalized spacial score (nSPS) is 16.8. The van der Waals surface area contributed by atoms with E-state index in [1.165, 1.54) is 24.3 Å². The number of hydrogen-bond acceptors (Lipinski definition) is 3. The van der Waals surface area contributed by atoms with E-state index in [1.54, 1.807) is 0 Å². The Labute approximate surface area is 156 Å². The third kappa shape index (κ3) is 3.60. The van der Waals surface area contributed by atoms with E-state index in [0.29, 0.717) is 12.1 Å². The van der Waals surface area contributed by atoms with Gasteiger partial charge in [0.25, 0.3) is 0 Å². The molecule has 1 N–H and O–H groups in total. The lowest BCUT2D eigenvalue weighted by atomic mass is 10.1. The Morgan fingerprint density at radius 1 is 1.11 bits per heavy atom. The minimum absolute atomic E-state index is 0.0478. The number of aromatic nitrogens is 2. The molecular formula is C21H20FN3O2. The van der Waals surface area contributed by atoms with Crippen LogP contribution in [0.25, 0.3) is 11.0 Å². The zero-order valence-corrected chi connectivity index (χ0v) is 14.8. The van der Waals surface area contributed by atoms with Gasteiger partial charge >= 0.3 is 0 Å². The number of benzene rings is 2. The van der Waals surface area contributed by atoms with Crippen LogP contribution >= 0.6 is 0 Å². The molecule has 0 aliphatic carbocycles. The van der Waals surface area contributed by atoms with E-state index in [4.69, 9.17) is 0 Å². The van der Waals surface area contributed by atoms with Crippen molar-refractivity contribution in [2.45, 2.75) is 31.7 Å². The first-order valence-electron chi connectivity index (χ1n) is 9.15. The van der Waals surface area contributed by atoms with E-state index in [1.807, 2.05) is 29.2 Å². The molecule has 0 radical (unpaired) electrons. The maximum absolute atomic E-state index is 13.0. The molecule has 138 valence electrons. The molecule has 5 nitrogen and oxygen atoms in total. The van der Waals surface area contributed by atoms with Gasteiger partial charge in [-0.05, 0) is 49.2 Å². The highest BCUT2D eigenvalue weighted by molar-refractivity contribution is 5.98. The van der Waals surface area contributed by atoms with Crippen molar-refractivity contribution in [1.29, 1.82) is 0 Å². The number of para-hydroxylation sites is 2. The van der Waals surface area contributed by atoms with Crippen LogP contribution in [0.5, 0.6) is 0 Å². The van der Waals surface area contributed by atoms with Crippen LogP contribution in [0.15, 0.2) is 48.5 Å². The van der Waals surface area contributed by atoms with Crippen molar-refractivity contribution in [3.63, 3.8) is 0 Å². The van der Waals surface area contributed by atoms with Crippen LogP contribution in [0.3, 0.4) is 0 Å². The van der Waals surface area contributed by atoms with E-state index >= 15 is 0 Å². The number of nitrogens with one attached hydrogen (secondary N) is 1. The molecule has 1 amide bonds. The number of fused-ring (bicyclic) bond motifs is 1. The molecule has 27 heavy (non-hydrogen) atoms. The summed E-state index contributed by atoms with van der Waals surface area (Å²) in [5.74, 6) is 0.219. The summed E-state index contributed by atoms with van der Waals surface area (Å²) in [4.78, 5) is 34.7. The fourth-order valence-electron chi connectivity index (χ4n) is 3.62. The van der Waals surface area contributed by atoms with E-state index in [-0.39, 0.29) is 36.4 Å². The van der Waals surface area contributed by atoms with E-state index < -0.39 is 0 Å². The average molecular weight is 365 g/mol. The Morgan fingerprint density at radius 3 is 2.67 bits per heavy atom. The third-order valence-corrected chi connectivity index (χ3v) is 5.03. The van der Waals surface area contributed by atoms with Gasteiger partial charge in [0.05, 0.1) is 17.1 Å². The average Bonchev–Trinajstić information content (AvgIpc) is 3.32. The summed E-state index contributed by atoms with van der Waals surface area (Å²) in [5, 5.41) is 0. The largest absolute Gasteiger partial charge is 0.340 e. The highest BCUT2D eigenvalue weighted by atomic mass is 19.1. The van der Waals surface area contributed by atoms with Crippen molar-refractivity contribution >= 4 is 22.7 Å². The molecule has 2 heterocycles. The molecular weight excluding hydrogens is 345 g/mol. The smallest absolute Gasteiger partial charge is 0.223 e. The van der Waals surface area contributed by atoms with Crippen LogP contribution in [0.4, 0.5) is 4.39 Å². The zero-order chi connectivity index (χ0) is 18.8. The number of halogens is 1. The molecule has 6 heteroatoms. The maximum atomic E-state index is 13.0. The summed E-state index contributed by atoms with van der Waals surface area (Å²) >= 11 is 0. The number of nitrogens with zero attached hydrogens (tertiary/aromatic N) is 2. The number of amides is 1. The first kappa shape index (κ1) is 17.4. The predicted molar refractivity (Wildman–Crippen MR) is 99.7 cm³/mol. The van der Waals surface area contributed by atoms with Crippen LogP contribution in [0.2, 0.25) is 0 Å². The van der Waals surface area contributed by atoms with Gasteiger partial charge in [0.2, 0.25) is 5.91 Å². The van der Waals surface area contributed by atoms with Gasteiger partial charge in [-0.25, -0.2) is 9.37 Å². The second kappa shape index (κ2) is 7.31. The number of rotatable bonds is 5. The molecule has 1 saturated heterocycles. The number of H-pyrrole nitrogens is 1. The van der Waals surface area contributed by atoms with E-state index in [9.17, 15) is 14.0 Å². The van der Waals surface area contributed by atoms with Crippen LogP contribution in [0, 0.1) is 5.82 Å². The van der Waals surface area contributed by atoms with Crippen molar-refractivity contribution < 1.29 is 14.0 Å². The van der Waals surface area contributed by atoms with E-state index in [0.717, 1.165) is 29.7 Å². The Kier molecular flexibility index (Phi) is 4.71. The molecule has 3 aromatic rings. The summed E-state index contributed by atoms with van der Waals surface area (Å²) in [7, 11) is 0. The molecule has 1 aromatic heterocycles. The number of aromatic amines is 1. The summed E-state index contributed by atoms with van der Waals surface area (Å²) in [6.45, 7) is 0.672. The van der Waals surface area contributed by atoms with Crippen LogP contribution in [-0.4, -0.2) is 33.1 Å². The van der Waals surface area contributed by atoms with Gasteiger partial charge in [0, 0.05) is 24.9 Å².